The van der Waals surface area contributed by atoms with E-state index >= 15 is 0 Å². The summed E-state index contributed by atoms with van der Waals surface area (Å²) >= 11 is 1.70. The molecule has 0 N–H and O–H groups in total. The molecular weight excluding hydrogens is 348 g/mol. The van der Waals surface area contributed by atoms with Gasteiger partial charge in [0.2, 0.25) is 0 Å². The molecule has 0 amide bonds. The van der Waals surface area contributed by atoms with Gasteiger partial charge in [-0.05, 0) is 43.5 Å². The number of aryl methyl sites for hydroxylation is 1. The molecule has 4 rings (SSSR count). The van der Waals surface area contributed by atoms with Crippen molar-refractivity contribution in [2.75, 3.05) is 0 Å². The number of ketones is 1. The Kier molecular flexibility index (Phi) is 4.12. The van der Waals surface area contributed by atoms with E-state index in [2.05, 4.69) is 10.6 Å². The van der Waals surface area contributed by atoms with Gasteiger partial charge in [-0.25, -0.2) is 4.79 Å². The quantitative estimate of drug-likeness (QED) is 0.502. The molecule has 0 spiro atoms. The molecule has 132 valence electrons. The Labute approximate surface area is 154 Å². The molecule has 0 radical (unpaired) electrons. The van der Waals surface area contributed by atoms with E-state index in [1.807, 2.05) is 37.4 Å². The molecule has 0 aliphatic carbocycles. The van der Waals surface area contributed by atoms with Crippen LogP contribution in [0, 0.1) is 13.8 Å². The Morgan fingerprint density at radius 1 is 1.12 bits per heavy atom. The summed E-state index contributed by atoms with van der Waals surface area (Å²) in [4.78, 5) is 26.2. The van der Waals surface area contributed by atoms with Crippen LogP contribution in [0.3, 0.4) is 0 Å². The number of oxazole rings is 1. The maximum Gasteiger partial charge on any atom is 0.420 e. The van der Waals surface area contributed by atoms with Crippen molar-refractivity contribution in [3.8, 4) is 0 Å². The lowest BCUT2D eigenvalue weighted by Gasteiger charge is -2.08. The number of aromatic nitrogens is 2. The predicted octanol–water partition coefficient (Wildman–Crippen LogP) is 4.01. The Hall–Kier alpha value is -2.86. The zero-order valence-electron chi connectivity index (χ0n) is 14.6. The van der Waals surface area contributed by atoms with E-state index in [0.29, 0.717) is 16.7 Å². The Morgan fingerprint density at radius 3 is 2.69 bits per heavy atom. The maximum absolute atomic E-state index is 12.9. The van der Waals surface area contributed by atoms with Crippen molar-refractivity contribution in [2.24, 2.45) is 0 Å². The first-order valence-electron chi connectivity index (χ1n) is 8.35. The molecule has 0 unspecified atom stereocenters. The van der Waals surface area contributed by atoms with Gasteiger partial charge >= 0.3 is 5.76 Å². The number of Topliss-reactive ketones (excluding diaryl/α,β-unsaturated/α-hetero) is 1. The lowest BCUT2D eigenvalue weighted by Crippen LogP contribution is -2.20. The zero-order valence-corrected chi connectivity index (χ0v) is 15.4. The molecular formula is C20H18N2O3S. The highest BCUT2D eigenvalue weighted by atomic mass is 32.1. The van der Waals surface area contributed by atoms with Crippen molar-refractivity contribution >= 4 is 28.2 Å². The molecule has 4 aromatic rings. The first-order valence-corrected chi connectivity index (χ1v) is 9.23. The van der Waals surface area contributed by atoms with E-state index in [4.69, 9.17) is 4.42 Å². The number of nitrogens with zero attached hydrogens (tertiary/aromatic N) is 2. The fourth-order valence-corrected chi connectivity index (χ4v) is 3.97. The number of benzene rings is 1. The van der Waals surface area contributed by atoms with Gasteiger partial charge in [-0.15, -0.1) is 11.3 Å². The summed E-state index contributed by atoms with van der Waals surface area (Å²) in [5.41, 5.74) is 3.73. The molecule has 26 heavy (non-hydrogen) atoms. The van der Waals surface area contributed by atoms with Crippen LogP contribution < -0.4 is 5.76 Å². The van der Waals surface area contributed by atoms with Crippen molar-refractivity contribution < 1.29 is 9.21 Å². The van der Waals surface area contributed by atoms with Crippen molar-refractivity contribution in [3.63, 3.8) is 0 Å². The molecule has 0 atom stereocenters. The second-order valence-corrected chi connectivity index (χ2v) is 7.33. The lowest BCUT2D eigenvalue weighted by atomic mass is 10.1. The third-order valence-corrected chi connectivity index (χ3v) is 5.50. The highest BCUT2D eigenvalue weighted by Gasteiger charge is 2.19. The van der Waals surface area contributed by atoms with Crippen LogP contribution in [0.15, 0.2) is 57.1 Å². The molecule has 0 aliphatic heterocycles. The first kappa shape index (κ1) is 16.6. The highest BCUT2D eigenvalue weighted by molar-refractivity contribution is 7.09. The van der Waals surface area contributed by atoms with Gasteiger partial charge in [-0.1, -0.05) is 18.2 Å². The van der Waals surface area contributed by atoms with E-state index < -0.39 is 5.76 Å². The Balaban J connectivity index is 1.66. The van der Waals surface area contributed by atoms with Crippen LogP contribution in [0.5, 0.6) is 0 Å². The Morgan fingerprint density at radius 2 is 1.92 bits per heavy atom. The number of hydrogen-bond acceptors (Lipinski definition) is 4. The van der Waals surface area contributed by atoms with Gasteiger partial charge in [-0.3, -0.25) is 9.36 Å². The van der Waals surface area contributed by atoms with Crippen LogP contribution in [-0.2, 0) is 13.1 Å². The minimum atomic E-state index is -0.507. The van der Waals surface area contributed by atoms with Crippen LogP contribution in [-0.4, -0.2) is 14.9 Å². The summed E-state index contributed by atoms with van der Waals surface area (Å²) in [6, 6.07) is 13.1. The molecule has 1 aromatic carbocycles. The maximum atomic E-state index is 12.9. The number of para-hydroxylation sites is 2. The highest BCUT2D eigenvalue weighted by Crippen LogP contribution is 2.21. The fourth-order valence-electron chi connectivity index (χ4n) is 3.28. The zero-order chi connectivity index (χ0) is 18.3. The minimum absolute atomic E-state index is 0.0286. The summed E-state index contributed by atoms with van der Waals surface area (Å²) in [5.74, 6) is -0.601. The molecule has 0 saturated carbocycles. The fraction of sp³-hybridized carbons (Fsp3) is 0.200. The summed E-state index contributed by atoms with van der Waals surface area (Å²) in [7, 11) is 0. The van der Waals surface area contributed by atoms with Gasteiger partial charge in [0.15, 0.2) is 11.4 Å². The summed E-state index contributed by atoms with van der Waals surface area (Å²) in [6.07, 6.45) is 0. The Bertz CT molecular complexity index is 1150. The van der Waals surface area contributed by atoms with Gasteiger partial charge in [0.25, 0.3) is 0 Å². The summed E-state index contributed by atoms with van der Waals surface area (Å²) in [6.45, 7) is 4.66. The normalized spacial score (nSPS) is 11.3. The molecule has 0 bridgehead atoms. The molecule has 3 aromatic heterocycles. The third kappa shape index (κ3) is 2.82. The van der Waals surface area contributed by atoms with Gasteiger partial charge in [0.05, 0.1) is 18.6 Å². The van der Waals surface area contributed by atoms with Crippen molar-refractivity contribution in [1.29, 1.82) is 0 Å². The number of thiophene rings is 1. The van der Waals surface area contributed by atoms with E-state index in [9.17, 15) is 9.59 Å². The molecule has 3 heterocycles. The first-order chi connectivity index (χ1) is 12.5. The molecule has 5 nitrogen and oxygen atoms in total. The van der Waals surface area contributed by atoms with Gasteiger partial charge in [-0.2, -0.15) is 0 Å². The van der Waals surface area contributed by atoms with Gasteiger partial charge < -0.3 is 8.98 Å². The minimum Gasteiger partial charge on any atom is -0.408 e. The monoisotopic (exact) mass is 366 g/mol. The second-order valence-electron chi connectivity index (χ2n) is 6.30. The predicted molar refractivity (Wildman–Crippen MR) is 102 cm³/mol. The van der Waals surface area contributed by atoms with Crippen LogP contribution in [0.25, 0.3) is 11.1 Å². The molecule has 0 saturated heterocycles. The summed E-state index contributed by atoms with van der Waals surface area (Å²) in [5, 5.41) is 2.05. The molecule has 0 aliphatic rings. The molecule has 0 fully saturated rings. The lowest BCUT2D eigenvalue weighted by molar-refractivity contribution is 0.0970. The van der Waals surface area contributed by atoms with Gasteiger partial charge in [0.1, 0.15) is 0 Å². The van der Waals surface area contributed by atoms with Crippen LogP contribution >= 0.6 is 11.3 Å². The average molecular weight is 366 g/mol. The van der Waals surface area contributed by atoms with Crippen molar-refractivity contribution in [2.45, 2.75) is 26.9 Å². The van der Waals surface area contributed by atoms with E-state index in [1.165, 1.54) is 9.44 Å². The topological polar surface area (TPSA) is 57.1 Å². The van der Waals surface area contributed by atoms with Crippen LogP contribution in [0.4, 0.5) is 0 Å². The number of carbonyl (C=O) groups excluding carboxylic acids is 1. The van der Waals surface area contributed by atoms with E-state index in [1.54, 1.807) is 29.5 Å². The molecule has 6 heteroatoms. The summed E-state index contributed by atoms with van der Waals surface area (Å²) < 4.78 is 8.74. The number of hydrogen-bond donors (Lipinski definition) is 0. The number of carbonyl (C=O) groups is 1. The van der Waals surface area contributed by atoms with Crippen molar-refractivity contribution in [3.05, 3.63) is 80.2 Å². The number of fused-ring (bicyclic) bond motifs is 1. The largest absolute Gasteiger partial charge is 0.420 e. The van der Waals surface area contributed by atoms with E-state index in [0.717, 1.165) is 17.9 Å². The smallest absolute Gasteiger partial charge is 0.408 e. The SMILES string of the molecule is Cc1cc(C(=O)Cn2c(=O)oc3ccccc32)c(C)n1Cc1cccs1. The third-order valence-electron chi connectivity index (χ3n) is 4.64. The standard InChI is InChI=1S/C20H18N2O3S/c1-13-10-16(14(2)21(13)11-15-6-5-9-26-15)18(23)12-22-17-7-3-4-8-19(17)25-20(22)24/h3-10H,11-12H2,1-2H3. The van der Waals surface area contributed by atoms with Crippen LogP contribution in [0.2, 0.25) is 0 Å². The van der Waals surface area contributed by atoms with E-state index in [-0.39, 0.29) is 12.3 Å². The van der Waals surface area contributed by atoms with Crippen LogP contribution in [0.1, 0.15) is 26.6 Å². The second kappa shape index (κ2) is 6.46. The number of rotatable bonds is 5. The van der Waals surface area contributed by atoms with Gasteiger partial charge in [0, 0.05) is 21.8 Å². The average Bonchev–Trinajstić information content (AvgIpc) is 3.31. The van der Waals surface area contributed by atoms with Crippen molar-refractivity contribution in [1.82, 2.24) is 9.13 Å².